The summed E-state index contributed by atoms with van der Waals surface area (Å²) in [5.41, 5.74) is 3.72. The van der Waals surface area contributed by atoms with Crippen LogP contribution in [0, 0.1) is 41.4 Å². The highest BCUT2D eigenvalue weighted by Gasteiger charge is 2.32. The van der Waals surface area contributed by atoms with E-state index in [-0.39, 0.29) is 109 Å². The molecule has 0 aromatic heterocycles. The Kier molecular flexibility index (Phi) is 25.2. The fourth-order valence-electron chi connectivity index (χ4n) is 10.1. The van der Waals surface area contributed by atoms with Crippen LogP contribution in [-0.4, -0.2) is 92.2 Å². The third-order valence-electron chi connectivity index (χ3n) is 14.7. The topological polar surface area (TPSA) is 161 Å². The van der Waals surface area contributed by atoms with Crippen LogP contribution in [0.3, 0.4) is 0 Å². The van der Waals surface area contributed by atoms with Gasteiger partial charge in [-0.3, -0.25) is 14.4 Å². The molecule has 0 spiro atoms. The summed E-state index contributed by atoms with van der Waals surface area (Å²) in [6.07, 6.45) is 27.9. The predicted molar refractivity (Wildman–Crippen MR) is 277 cm³/mol. The Hall–Kier alpha value is -4.65. The zero-order valence-corrected chi connectivity index (χ0v) is 44.5. The summed E-state index contributed by atoms with van der Waals surface area (Å²) < 4.78 is 34.5. The van der Waals surface area contributed by atoms with Crippen LogP contribution in [0.2, 0.25) is 0 Å². The Morgan fingerprint density at radius 1 is 0.662 bits per heavy atom. The van der Waals surface area contributed by atoms with Crippen LogP contribution in [0.1, 0.15) is 145 Å². The van der Waals surface area contributed by atoms with Crippen molar-refractivity contribution in [3.05, 3.63) is 95.2 Å². The second-order valence-electron chi connectivity index (χ2n) is 21.3. The van der Waals surface area contributed by atoms with Gasteiger partial charge in [-0.15, -0.1) is 0 Å². The number of cyclic esters (lactones) is 1. The van der Waals surface area contributed by atoms with Gasteiger partial charge in [0, 0.05) is 77.2 Å². The molecule has 1 N–H and O–H groups in total. The van der Waals surface area contributed by atoms with Crippen LogP contribution in [0.4, 0.5) is 0 Å². The SMILES string of the molecule is COCC1CC(C)=CC2OC(=O)C=C(CC=CC(C)CC(O)C(C)C(C)CCC(C)C(OC)CC3CC(=CC(=O)O3)CC(=O)CC=CC=CCC3CC(=O)OC(CC(C)=CC=CC(C)CC(=O)O1)C3)C2C. The van der Waals surface area contributed by atoms with E-state index in [4.69, 9.17) is 28.4 Å². The first-order chi connectivity index (χ1) is 33.8. The quantitative estimate of drug-likeness (QED) is 0.162. The van der Waals surface area contributed by atoms with Crippen molar-refractivity contribution in [2.45, 2.75) is 182 Å². The van der Waals surface area contributed by atoms with Gasteiger partial charge in [-0.1, -0.05) is 125 Å². The van der Waals surface area contributed by atoms with Gasteiger partial charge < -0.3 is 33.5 Å². The third kappa shape index (κ3) is 21.5. The standard InChI is InChI=1S/C59H86O12/c1-38-17-15-18-40(3)29-56(62)70-52(37-66-9)26-41(4)28-55-45(8)48(35-59(65)71-55)21-16-19-39(2)27-53(61)44(7)42(5)23-24-43(6)54(67-10)36-51-32-47(34-58(64)69-51)30-49(60)22-14-12-11-13-20-46-31-50(25-38)68-57(63)33-46/h11-19,28,34-35,39-40,42-46,50-55,61H,20-27,29-33,36-37H2,1-10H3. The fourth-order valence-corrected chi connectivity index (χ4v) is 10.1. The number of rotatable bonds is 3. The number of fused-ring (bicyclic) bond motifs is 6. The highest BCUT2D eigenvalue weighted by molar-refractivity contribution is 5.88. The van der Waals surface area contributed by atoms with E-state index in [0.29, 0.717) is 51.4 Å². The first-order valence-electron chi connectivity index (χ1n) is 26.2. The molecular formula is C59H86O12. The lowest BCUT2D eigenvalue weighted by atomic mass is 9.81. The van der Waals surface area contributed by atoms with Crippen LogP contribution < -0.4 is 0 Å². The minimum absolute atomic E-state index is 0.0163. The zero-order chi connectivity index (χ0) is 52.0. The number of carbonyl (C=O) groups is 5. The van der Waals surface area contributed by atoms with Gasteiger partial charge in [-0.05, 0) is 87.5 Å². The minimum Gasteiger partial charge on any atom is -0.462 e. The van der Waals surface area contributed by atoms with Crippen LogP contribution in [0.5, 0.6) is 0 Å². The van der Waals surface area contributed by atoms with Crippen molar-refractivity contribution in [3.63, 3.8) is 0 Å². The number of carbonyl (C=O) groups excluding carboxylic acids is 5. The molecule has 394 valence electrons. The van der Waals surface area contributed by atoms with Gasteiger partial charge in [-0.25, -0.2) is 9.59 Å². The molecule has 13 atom stereocenters. The van der Waals surface area contributed by atoms with E-state index in [9.17, 15) is 29.1 Å². The number of hydrogen-bond donors (Lipinski definition) is 1. The van der Waals surface area contributed by atoms with Gasteiger partial charge in [0.15, 0.2) is 0 Å². The number of aliphatic hydroxyl groups is 1. The first-order valence-corrected chi connectivity index (χ1v) is 26.2. The fraction of sp³-hybridized carbons (Fsp3) is 0.644. The lowest BCUT2D eigenvalue weighted by molar-refractivity contribution is -0.156. The Morgan fingerprint density at radius 2 is 1.37 bits per heavy atom. The van der Waals surface area contributed by atoms with E-state index in [2.05, 4.69) is 39.8 Å². The Morgan fingerprint density at radius 3 is 2.11 bits per heavy atom. The maximum Gasteiger partial charge on any atom is 0.331 e. The van der Waals surface area contributed by atoms with E-state index in [1.54, 1.807) is 20.3 Å². The second kappa shape index (κ2) is 30.4. The molecule has 13 unspecified atom stereocenters. The van der Waals surface area contributed by atoms with E-state index >= 15 is 0 Å². The molecule has 4 aliphatic rings. The molecule has 1 saturated heterocycles. The molecule has 0 aromatic rings. The van der Waals surface area contributed by atoms with Gasteiger partial charge in [0.25, 0.3) is 0 Å². The van der Waals surface area contributed by atoms with Crippen LogP contribution >= 0.6 is 0 Å². The zero-order valence-electron chi connectivity index (χ0n) is 44.5. The van der Waals surface area contributed by atoms with Crippen molar-refractivity contribution in [1.29, 1.82) is 0 Å². The number of methoxy groups -OCH3 is 2. The van der Waals surface area contributed by atoms with Gasteiger partial charge >= 0.3 is 23.9 Å². The minimum atomic E-state index is -0.509. The second-order valence-corrected chi connectivity index (χ2v) is 21.3. The van der Waals surface area contributed by atoms with Crippen molar-refractivity contribution < 1.29 is 57.5 Å². The summed E-state index contributed by atoms with van der Waals surface area (Å²) in [4.78, 5) is 64.1. The molecule has 0 amide bonds. The maximum atomic E-state index is 13.1. The Balaban J connectivity index is 1.45. The maximum absolute atomic E-state index is 13.1. The number of esters is 4. The number of aliphatic hydroxyl groups excluding tert-OH is 1. The van der Waals surface area contributed by atoms with E-state index in [1.165, 1.54) is 6.08 Å². The Bertz CT molecular complexity index is 2020. The lowest BCUT2D eigenvalue weighted by Crippen LogP contribution is -2.32. The highest BCUT2D eigenvalue weighted by atomic mass is 16.6. The molecule has 0 saturated carbocycles. The number of hydrogen-bond acceptors (Lipinski definition) is 12. The largest absolute Gasteiger partial charge is 0.462 e. The molecule has 6 bridgehead atoms. The average molecular weight is 987 g/mol. The molecule has 71 heavy (non-hydrogen) atoms. The summed E-state index contributed by atoms with van der Waals surface area (Å²) in [5.74, 6) is -0.725. The van der Waals surface area contributed by atoms with Crippen molar-refractivity contribution in [3.8, 4) is 0 Å². The van der Waals surface area contributed by atoms with E-state index < -0.39 is 24.3 Å². The van der Waals surface area contributed by atoms with Gasteiger partial charge in [0.2, 0.25) is 0 Å². The molecule has 0 aliphatic carbocycles. The summed E-state index contributed by atoms with van der Waals surface area (Å²) in [5, 5.41) is 11.3. The Labute approximate surface area is 425 Å². The summed E-state index contributed by atoms with van der Waals surface area (Å²) >= 11 is 0. The predicted octanol–water partition coefficient (Wildman–Crippen LogP) is 11.1. The number of Topliss-reactive ketones (excluding diaryl/α,β-unsaturated/α-hetero) is 1. The lowest BCUT2D eigenvalue weighted by Gasteiger charge is -2.31. The normalized spacial score (nSPS) is 33.8. The van der Waals surface area contributed by atoms with Crippen molar-refractivity contribution >= 4 is 29.7 Å². The van der Waals surface area contributed by atoms with Crippen LogP contribution in [0.25, 0.3) is 0 Å². The number of ether oxygens (including phenoxy) is 6. The smallest absolute Gasteiger partial charge is 0.331 e. The van der Waals surface area contributed by atoms with Crippen molar-refractivity contribution in [2.75, 3.05) is 20.8 Å². The molecule has 4 rings (SSSR count). The third-order valence-corrected chi connectivity index (χ3v) is 14.7. The van der Waals surface area contributed by atoms with E-state index in [0.717, 1.165) is 41.6 Å². The van der Waals surface area contributed by atoms with Crippen LogP contribution in [-0.2, 0) is 52.4 Å². The summed E-state index contributed by atoms with van der Waals surface area (Å²) in [7, 11) is 3.26. The number of ketones is 1. The van der Waals surface area contributed by atoms with E-state index in [1.807, 2.05) is 76.3 Å². The first kappa shape index (κ1) is 58.9. The molecule has 12 heteroatoms. The van der Waals surface area contributed by atoms with Crippen molar-refractivity contribution in [1.82, 2.24) is 0 Å². The molecular weight excluding hydrogens is 901 g/mol. The monoisotopic (exact) mass is 987 g/mol. The van der Waals surface area contributed by atoms with Gasteiger partial charge in [-0.2, -0.15) is 0 Å². The van der Waals surface area contributed by atoms with Crippen LogP contribution in [0.15, 0.2) is 95.2 Å². The van der Waals surface area contributed by atoms with Gasteiger partial charge in [0.05, 0.1) is 25.2 Å². The summed E-state index contributed by atoms with van der Waals surface area (Å²) in [6, 6.07) is 0. The van der Waals surface area contributed by atoms with Gasteiger partial charge in [0.1, 0.15) is 30.2 Å². The molecule has 4 heterocycles. The molecule has 4 aliphatic heterocycles. The molecule has 0 radical (unpaired) electrons. The average Bonchev–Trinajstić information content (AvgIpc) is 3.28. The highest BCUT2D eigenvalue weighted by Crippen LogP contribution is 2.33. The molecule has 1 fully saturated rings. The summed E-state index contributed by atoms with van der Waals surface area (Å²) in [6.45, 7) is 16.7. The molecule has 0 aromatic carbocycles. The van der Waals surface area contributed by atoms with Crippen molar-refractivity contribution in [2.24, 2.45) is 41.4 Å². The molecule has 12 nitrogen and oxygen atoms in total. The number of allylic oxidation sites excluding steroid dienone is 9.